The Balaban J connectivity index is 2.36. The highest BCUT2D eigenvalue weighted by Gasteiger charge is 2.18. The third-order valence-corrected chi connectivity index (χ3v) is 2.93. The molecule has 0 radical (unpaired) electrons. The molecule has 0 aliphatic carbocycles. The average molecular weight is 269 g/mol. The normalized spacial score (nSPS) is 11.2. The van der Waals surface area contributed by atoms with Crippen LogP contribution in [-0.2, 0) is 5.41 Å². The molecule has 0 aliphatic rings. The van der Waals surface area contributed by atoms with Crippen molar-refractivity contribution >= 4 is 5.84 Å². The second-order valence-corrected chi connectivity index (χ2v) is 5.64. The van der Waals surface area contributed by atoms with E-state index in [0.29, 0.717) is 11.4 Å². The number of nitrogens with zero attached hydrogens (tertiary/aromatic N) is 1. The van der Waals surface area contributed by atoms with E-state index >= 15 is 0 Å². The van der Waals surface area contributed by atoms with E-state index in [9.17, 15) is 0 Å². The highest BCUT2D eigenvalue weighted by atomic mass is 16.5. The first-order chi connectivity index (χ1) is 9.38. The first-order valence-corrected chi connectivity index (χ1v) is 6.46. The molecule has 0 bridgehead atoms. The number of nitrogen functional groups attached to an aromatic ring is 1. The van der Waals surface area contributed by atoms with E-state index in [1.807, 2.05) is 18.2 Å². The molecule has 0 atom stereocenters. The average Bonchev–Trinajstić information content (AvgIpc) is 2.38. The molecule has 3 N–H and O–H groups in total. The van der Waals surface area contributed by atoms with Crippen LogP contribution in [0.2, 0.25) is 0 Å². The number of hydrogen-bond donors (Lipinski definition) is 2. The van der Waals surface area contributed by atoms with Gasteiger partial charge in [-0.15, -0.1) is 0 Å². The van der Waals surface area contributed by atoms with Crippen molar-refractivity contribution in [1.82, 2.24) is 4.98 Å². The molecule has 2 rings (SSSR count). The Morgan fingerprint density at radius 1 is 1.20 bits per heavy atom. The number of benzene rings is 1. The Morgan fingerprint density at radius 2 is 1.90 bits per heavy atom. The smallest absolute Gasteiger partial charge is 0.141 e. The van der Waals surface area contributed by atoms with Crippen molar-refractivity contribution in [2.75, 3.05) is 0 Å². The van der Waals surface area contributed by atoms with Crippen molar-refractivity contribution in [2.45, 2.75) is 26.2 Å². The number of hydrogen-bond acceptors (Lipinski definition) is 3. The number of aromatic nitrogens is 1. The van der Waals surface area contributed by atoms with E-state index in [2.05, 4.69) is 31.8 Å². The number of nitrogens with two attached hydrogens (primary N) is 1. The third kappa shape index (κ3) is 3.15. The van der Waals surface area contributed by atoms with Crippen LogP contribution in [-0.4, -0.2) is 10.8 Å². The molecule has 0 fully saturated rings. The standard InChI is InChI=1S/C16H19N3O/c1-16(2,3)12-6-4-5-7-14(12)20-11-8-9-19-13(10-11)15(17)18/h4-10H,1-3H3,(H3,17,18). The number of nitrogens with one attached hydrogen (secondary N) is 1. The van der Waals surface area contributed by atoms with Gasteiger partial charge in [0.05, 0.1) is 0 Å². The summed E-state index contributed by atoms with van der Waals surface area (Å²) in [6.07, 6.45) is 1.59. The molecular formula is C16H19N3O. The lowest BCUT2D eigenvalue weighted by Crippen LogP contribution is -2.13. The summed E-state index contributed by atoms with van der Waals surface area (Å²) in [4.78, 5) is 4.02. The fourth-order valence-corrected chi connectivity index (χ4v) is 1.92. The van der Waals surface area contributed by atoms with Gasteiger partial charge in [-0.25, -0.2) is 0 Å². The van der Waals surface area contributed by atoms with Gasteiger partial charge in [0.2, 0.25) is 0 Å². The first kappa shape index (κ1) is 14.1. The van der Waals surface area contributed by atoms with Gasteiger partial charge < -0.3 is 10.5 Å². The Bertz CT molecular complexity index is 630. The molecule has 104 valence electrons. The highest BCUT2D eigenvalue weighted by Crippen LogP contribution is 2.33. The van der Waals surface area contributed by atoms with Gasteiger partial charge in [0.1, 0.15) is 23.0 Å². The molecule has 4 nitrogen and oxygen atoms in total. The van der Waals surface area contributed by atoms with Crippen LogP contribution in [0.25, 0.3) is 0 Å². The number of amidine groups is 1. The van der Waals surface area contributed by atoms with E-state index in [4.69, 9.17) is 15.9 Å². The topological polar surface area (TPSA) is 72.0 Å². The fraction of sp³-hybridized carbons (Fsp3) is 0.250. The first-order valence-electron chi connectivity index (χ1n) is 6.46. The van der Waals surface area contributed by atoms with Gasteiger partial charge in [0.25, 0.3) is 0 Å². The zero-order valence-electron chi connectivity index (χ0n) is 12.0. The predicted octanol–water partition coefficient (Wildman–Crippen LogP) is 3.46. The Kier molecular flexibility index (Phi) is 3.74. The van der Waals surface area contributed by atoms with E-state index in [0.717, 1.165) is 11.3 Å². The van der Waals surface area contributed by atoms with Crippen molar-refractivity contribution < 1.29 is 4.74 Å². The maximum Gasteiger partial charge on any atom is 0.141 e. The number of pyridine rings is 1. The van der Waals surface area contributed by atoms with Gasteiger partial charge in [0, 0.05) is 17.8 Å². The van der Waals surface area contributed by atoms with Gasteiger partial charge in [-0.05, 0) is 17.5 Å². The Morgan fingerprint density at radius 3 is 2.55 bits per heavy atom. The molecule has 0 spiro atoms. The van der Waals surface area contributed by atoms with Crippen molar-refractivity contribution in [2.24, 2.45) is 5.73 Å². The lowest BCUT2D eigenvalue weighted by atomic mass is 9.86. The lowest BCUT2D eigenvalue weighted by Gasteiger charge is -2.22. The van der Waals surface area contributed by atoms with E-state index in [1.54, 1.807) is 18.3 Å². The van der Waals surface area contributed by atoms with Gasteiger partial charge in [0.15, 0.2) is 0 Å². The monoisotopic (exact) mass is 269 g/mol. The van der Waals surface area contributed by atoms with E-state index in [-0.39, 0.29) is 11.3 Å². The molecule has 0 saturated heterocycles. The second-order valence-electron chi connectivity index (χ2n) is 5.64. The van der Waals surface area contributed by atoms with Crippen LogP contribution >= 0.6 is 0 Å². The van der Waals surface area contributed by atoms with Crippen LogP contribution in [0.15, 0.2) is 42.6 Å². The van der Waals surface area contributed by atoms with Crippen molar-refractivity contribution in [1.29, 1.82) is 5.41 Å². The molecule has 2 aromatic rings. The van der Waals surface area contributed by atoms with Crippen LogP contribution in [0.4, 0.5) is 0 Å². The molecule has 0 unspecified atom stereocenters. The summed E-state index contributed by atoms with van der Waals surface area (Å²) >= 11 is 0. The summed E-state index contributed by atoms with van der Waals surface area (Å²) < 4.78 is 5.93. The van der Waals surface area contributed by atoms with Crippen LogP contribution in [0.3, 0.4) is 0 Å². The van der Waals surface area contributed by atoms with Crippen molar-refractivity contribution in [3.63, 3.8) is 0 Å². The summed E-state index contributed by atoms with van der Waals surface area (Å²) in [5.74, 6) is 1.36. The molecule has 1 aromatic heterocycles. The molecular weight excluding hydrogens is 250 g/mol. The summed E-state index contributed by atoms with van der Waals surface area (Å²) in [5.41, 5.74) is 6.97. The van der Waals surface area contributed by atoms with Crippen LogP contribution in [0.5, 0.6) is 11.5 Å². The van der Waals surface area contributed by atoms with E-state index in [1.165, 1.54) is 0 Å². The maximum absolute atomic E-state index is 7.41. The summed E-state index contributed by atoms with van der Waals surface area (Å²) in [5, 5.41) is 7.41. The lowest BCUT2D eigenvalue weighted by molar-refractivity contribution is 0.454. The van der Waals surface area contributed by atoms with Gasteiger partial charge in [-0.1, -0.05) is 39.0 Å². The quantitative estimate of drug-likeness (QED) is 0.662. The summed E-state index contributed by atoms with van der Waals surface area (Å²) in [6.45, 7) is 6.42. The Labute approximate surface area is 119 Å². The predicted molar refractivity (Wildman–Crippen MR) is 80.5 cm³/mol. The van der Waals surface area contributed by atoms with E-state index < -0.39 is 0 Å². The molecule has 0 amide bonds. The molecule has 20 heavy (non-hydrogen) atoms. The Hall–Kier alpha value is -2.36. The molecule has 0 aliphatic heterocycles. The summed E-state index contributed by atoms with van der Waals surface area (Å²) in [7, 11) is 0. The van der Waals surface area contributed by atoms with Crippen LogP contribution in [0.1, 0.15) is 32.0 Å². The highest BCUT2D eigenvalue weighted by molar-refractivity contribution is 5.93. The third-order valence-electron chi connectivity index (χ3n) is 2.93. The number of para-hydroxylation sites is 1. The van der Waals surface area contributed by atoms with Gasteiger partial charge in [-0.2, -0.15) is 0 Å². The zero-order chi connectivity index (χ0) is 14.8. The molecule has 4 heteroatoms. The number of rotatable bonds is 3. The second kappa shape index (κ2) is 5.33. The van der Waals surface area contributed by atoms with Crippen molar-refractivity contribution in [3.8, 4) is 11.5 Å². The van der Waals surface area contributed by atoms with Gasteiger partial charge >= 0.3 is 0 Å². The SMILES string of the molecule is CC(C)(C)c1ccccc1Oc1ccnc(C(=N)N)c1. The molecule has 0 saturated carbocycles. The fourth-order valence-electron chi connectivity index (χ4n) is 1.92. The minimum absolute atomic E-state index is 0.00692. The van der Waals surface area contributed by atoms with Crippen LogP contribution in [0, 0.1) is 5.41 Å². The van der Waals surface area contributed by atoms with Crippen LogP contribution < -0.4 is 10.5 Å². The zero-order valence-corrected chi connectivity index (χ0v) is 12.0. The number of ether oxygens (including phenoxy) is 1. The van der Waals surface area contributed by atoms with Crippen molar-refractivity contribution in [3.05, 3.63) is 53.9 Å². The minimum Gasteiger partial charge on any atom is -0.457 e. The minimum atomic E-state index is -0.0699. The van der Waals surface area contributed by atoms with Gasteiger partial charge in [-0.3, -0.25) is 10.4 Å². The molecule has 1 heterocycles. The largest absolute Gasteiger partial charge is 0.457 e. The summed E-state index contributed by atoms with van der Waals surface area (Å²) in [6, 6.07) is 11.4. The molecule has 1 aromatic carbocycles. The maximum atomic E-state index is 7.41.